The molecular weight excluding hydrogens is 224 g/mol. The van der Waals surface area contributed by atoms with Gasteiger partial charge in [-0.2, -0.15) is 0 Å². The standard InChI is InChI=1S/C15H22N2O/c18-12-15(8-10-17-9-4-7-14(15)17)16-11-13-5-2-1-3-6-13/h1-3,5-6,14,16,18H,4,7-12H2. The highest BCUT2D eigenvalue weighted by Gasteiger charge is 2.48. The predicted molar refractivity (Wildman–Crippen MR) is 72.3 cm³/mol. The monoisotopic (exact) mass is 246 g/mol. The molecule has 0 amide bonds. The highest BCUT2D eigenvalue weighted by molar-refractivity contribution is 5.16. The fraction of sp³-hybridized carbons (Fsp3) is 0.600. The summed E-state index contributed by atoms with van der Waals surface area (Å²) < 4.78 is 0. The number of nitrogens with one attached hydrogen (secondary N) is 1. The van der Waals surface area contributed by atoms with Gasteiger partial charge in [-0.3, -0.25) is 4.90 Å². The maximum Gasteiger partial charge on any atom is 0.0629 e. The molecule has 2 saturated heterocycles. The minimum absolute atomic E-state index is 0.0770. The van der Waals surface area contributed by atoms with Gasteiger partial charge in [-0.1, -0.05) is 30.3 Å². The van der Waals surface area contributed by atoms with Gasteiger partial charge in [-0.05, 0) is 31.4 Å². The molecule has 2 fully saturated rings. The summed E-state index contributed by atoms with van der Waals surface area (Å²) in [5.41, 5.74) is 1.22. The Labute approximate surface area is 109 Å². The van der Waals surface area contributed by atoms with E-state index in [4.69, 9.17) is 0 Å². The van der Waals surface area contributed by atoms with Crippen LogP contribution in [-0.4, -0.2) is 41.3 Å². The van der Waals surface area contributed by atoms with Crippen LogP contribution >= 0.6 is 0 Å². The minimum atomic E-state index is -0.0770. The third-order valence-corrected chi connectivity index (χ3v) is 4.62. The Morgan fingerprint density at radius 3 is 2.89 bits per heavy atom. The number of nitrogens with zero attached hydrogens (tertiary/aromatic N) is 1. The van der Waals surface area contributed by atoms with Crippen molar-refractivity contribution in [2.45, 2.75) is 37.4 Å². The average Bonchev–Trinajstić information content (AvgIpc) is 3.01. The van der Waals surface area contributed by atoms with Crippen LogP contribution in [0.25, 0.3) is 0 Å². The lowest BCUT2D eigenvalue weighted by Gasteiger charge is -2.34. The van der Waals surface area contributed by atoms with Crippen molar-refractivity contribution in [3.8, 4) is 0 Å². The quantitative estimate of drug-likeness (QED) is 0.842. The number of benzene rings is 1. The first-order valence-electron chi connectivity index (χ1n) is 6.98. The molecular formula is C15H22N2O. The number of rotatable bonds is 4. The molecule has 3 rings (SSSR count). The van der Waals surface area contributed by atoms with Crippen LogP contribution < -0.4 is 5.32 Å². The Kier molecular flexibility index (Phi) is 3.37. The first kappa shape index (κ1) is 12.2. The minimum Gasteiger partial charge on any atom is -0.394 e. The van der Waals surface area contributed by atoms with Crippen molar-refractivity contribution in [2.75, 3.05) is 19.7 Å². The van der Waals surface area contributed by atoms with Crippen LogP contribution in [0.4, 0.5) is 0 Å². The van der Waals surface area contributed by atoms with E-state index in [1.54, 1.807) is 0 Å². The smallest absolute Gasteiger partial charge is 0.0629 e. The third kappa shape index (κ3) is 2.07. The van der Waals surface area contributed by atoms with E-state index in [-0.39, 0.29) is 12.1 Å². The van der Waals surface area contributed by atoms with Crippen LogP contribution in [0.1, 0.15) is 24.8 Å². The molecule has 3 heteroatoms. The van der Waals surface area contributed by atoms with Crippen molar-refractivity contribution >= 4 is 0 Å². The van der Waals surface area contributed by atoms with Gasteiger partial charge in [0.2, 0.25) is 0 Å². The second kappa shape index (κ2) is 5.00. The zero-order valence-corrected chi connectivity index (χ0v) is 10.8. The van der Waals surface area contributed by atoms with E-state index in [1.165, 1.54) is 24.9 Å². The molecule has 0 spiro atoms. The summed E-state index contributed by atoms with van der Waals surface area (Å²) in [5.74, 6) is 0. The highest BCUT2D eigenvalue weighted by Crippen LogP contribution is 2.35. The highest BCUT2D eigenvalue weighted by atomic mass is 16.3. The number of hydrogen-bond acceptors (Lipinski definition) is 3. The Bertz CT molecular complexity index is 395. The number of hydrogen-bond donors (Lipinski definition) is 2. The molecule has 2 N–H and O–H groups in total. The molecule has 1 aromatic carbocycles. The van der Waals surface area contributed by atoms with Gasteiger partial charge in [-0.25, -0.2) is 0 Å². The summed E-state index contributed by atoms with van der Waals surface area (Å²) >= 11 is 0. The Balaban J connectivity index is 1.69. The zero-order valence-electron chi connectivity index (χ0n) is 10.8. The van der Waals surface area contributed by atoms with Crippen molar-refractivity contribution in [3.05, 3.63) is 35.9 Å². The van der Waals surface area contributed by atoms with E-state index >= 15 is 0 Å². The van der Waals surface area contributed by atoms with Crippen LogP contribution in [-0.2, 0) is 6.54 Å². The molecule has 0 aliphatic carbocycles. The van der Waals surface area contributed by atoms with Crippen LogP contribution in [0.15, 0.2) is 30.3 Å². The van der Waals surface area contributed by atoms with E-state index < -0.39 is 0 Å². The van der Waals surface area contributed by atoms with Crippen molar-refractivity contribution in [3.63, 3.8) is 0 Å². The van der Waals surface area contributed by atoms with E-state index in [0.29, 0.717) is 6.04 Å². The lowest BCUT2D eigenvalue weighted by molar-refractivity contribution is 0.125. The third-order valence-electron chi connectivity index (χ3n) is 4.62. The van der Waals surface area contributed by atoms with E-state index in [0.717, 1.165) is 19.5 Å². The predicted octanol–water partition coefficient (Wildman–Crippen LogP) is 1.38. The largest absolute Gasteiger partial charge is 0.394 e. The average molecular weight is 246 g/mol. The second-order valence-electron chi connectivity index (χ2n) is 5.60. The molecule has 98 valence electrons. The van der Waals surface area contributed by atoms with Gasteiger partial charge >= 0.3 is 0 Å². The topological polar surface area (TPSA) is 35.5 Å². The number of aliphatic hydroxyl groups excluding tert-OH is 1. The SMILES string of the molecule is OCC1(NCc2ccccc2)CCN2CCCC21. The molecule has 0 saturated carbocycles. The van der Waals surface area contributed by atoms with Gasteiger partial charge < -0.3 is 10.4 Å². The molecule has 2 aliphatic heterocycles. The zero-order chi connectivity index (χ0) is 12.4. The Hall–Kier alpha value is -0.900. The molecule has 2 unspecified atom stereocenters. The van der Waals surface area contributed by atoms with Crippen molar-refractivity contribution in [2.24, 2.45) is 0 Å². The normalized spacial score (nSPS) is 31.7. The van der Waals surface area contributed by atoms with Crippen molar-refractivity contribution in [1.29, 1.82) is 0 Å². The van der Waals surface area contributed by atoms with Gasteiger partial charge in [0, 0.05) is 19.1 Å². The first-order chi connectivity index (χ1) is 8.84. The van der Waals surface area contributed by atoms with Crippen LogP contribution in [0.2, 0.25) is 0 Å². The second-order valence-corrected chi connectivity index (χ2v) is 5.60. The van der Waals surface area contributed by atoms with Gasteiger partial charge in [0.15, 0.2) is 0 Å². The maximum atomic E-state index is 9.85. The van der Waals surface area contributed by atoms with Crippen LogP contribution in [0.3, 0.4) is 0 Å². The van der Waals surface area contributed by atoms with Gasteiger partial charge in [-0.15, -0.1) is 0 Å². The molecule has 2 atom stereocenters. The van der Waals surface area contributed by atoms with Gasteiger partial charge in [0.25, 0.3) is 0 Å². The summed E-state index contributed by atoms with van der Waals surface area (Å²) in [4.78, 5) is 2.54. The summed E-state index contributed by atoms with van der Waals surface area (Å²) in [6.45, 7) is 3.44. The lowest BCUT2D eigenvalue weighted by Crippen LogP contribution is -2.55. The maximum absolute atomic E-state index is 9.85. The molecule has 0 radical (unpaired) electrons. The summed E-state index contributed by atoms with van der Waals surface area (Å²) in [6.07, 6.45) is 3.57. The molecule has 2 heterocycles. The van der Waals surface area contributed by atoms with Crippen molar-refractivity contribution in [1.82, 2.24) is 10.2 Å². The van der Waals surface area contributed by atoms with E-state index in [1.807, 2.05) is 6.07 Å². The Morgan fingerprint density at radius 1 is 1.28 bits per heavy atom. The fourth-order valence-electron chi connectivity index (χ4n) is 3.55. The molecule has 18 heavy (non-hydrogen) atoms. The summed E-state index contributed by atoms with van der Waals surface area (Å²) in [5, 5.41) is 13.5. The van der Waals surface area contributed by atoms with Gasteiger partial charge in [0.1, 0.15) is 0 Å². The molecule has 0 bridgehead atoms. The summed E-state index contributed by atoms with van der Waals surface area (Å²) in [6, 6.07) is 11.0. The molecule has 0 aromatic heterocycles. The summed E-state index contributed by atoms with van der Waals surface area (Å²) in [7, 11) is 0. The first-order valence-corrected chi connectivity index (χ1v) is 6.98. The lowest BCUT2D eigenvalue weighted by atomic mass is 9.89. The Morgan fingerprint density at radius 2 is 2.11 bits per heavy atom. The number of fused-ring (bicyclic) bond motifs is 1. The molecule has 1 aromatic rings. The van der Waals surface area contributed by atoms with E-state index in [2.05, 4.69) is 34.5 Å². The number of aliphatic hydroxyl groups is 1. The van der Waals surface area contributed by atoms with Crippen molar-refractivity contribution < 1.29 is 5.11 Å². The molecule has 3 nitrogen and oxygen atoms in total. The van der Waals surface area contributed by atoms with Gasteiger partial charge in [0.05, 0.1) is 12.1 Å². The van der Waals surface area contributed by atoms with Crippen LogP contribution in [0.5, 0.6) is 0 Å². The fourth-order valence-corrected chi connectivity index (χ4v) is 3.55. The molecule has 2 aliphatic rings. The van der Waals surface area contributed by atoms with Crippen LogP contribution in [0, 0.1) is 0 Å². The van der Waals surface area contributed by atoms with E-state index in [9.17, 15) is 5.11 Å².